The fraction of sp³-hybridized carbons (Fsp3) is 0.556. The molecule has 2 heterocycles. The van der Waals surface area contributed by atoms with Gasteiger partial charge in [0.2, 0.25) is 5.91 Å². The molecule has 9 nitrogen and oxygen atoms in total. The number of sulfonamides is 1. The molecule has 0 radical (unpaired) electrons. The number of carbonyl (C=O) groups excluding carboxylic acids is 2. The number of urea groups is 1. The van der Waals surface area contributed by atoms with Crippen molar-refractivity contribution in [3.8, 4) is 0 Å². The predicted octanol–water partition coefficient (Wildman–Crippen LogP) is 1.37. The van der Waals surface area contributed by atoms with Crippen LogP contribution in [0.5, 0.6) is 0 Å². The standard InChI is InChI=1S/C18H26N5O4S2/c19-9-10-20-29(26,27)13-7-5-12(6-8-13)21-16(24)4-2-1-3-15-17-14(11-28-15)22-18(25)23-17/h5-8,14-15,17H,1-4,9-11,19H2,(H,21,24)(H2,22,23,25)/q-1/t14-,15-,17-/m0/s1. The van der Waals surface area contributed by atoms with Crippen LogP contribution < -0.4 is 21.7 Å². The van der Waals surface area contributed by atoms with E-state index in [4.69, 9.17) is 5.73 Å². The number of carbonyl (C=O) groups is 2. The number of anilines is 1. The summed E-state index contributed by atoms with van der Waals surface area (Å²) < 4.78 is 27.5. The predicted molar refractivity (Wildman–Crippen MR) is 113 cm³/mol. The van der Waals surface area contributed by atoms with Gasteiger partial charge >= 0.3 is 6.03 Å². The van der Waals surface area contributed by atoms with Gasteiger partial charge in [0.15, 0.2) is 0 Å². The Balaban J connectivity index is 1.38. The van der Waals surface area contributed by atoms with Gasteiger partial charge in [-0.25, -0.2) is 13.2 Å². The normalized spacial score (nSPS) is 23.3. The van der Waals surface area contributed by atoms with Gasteiger partial charge in [-0.05, 0) is 43.7 Å². The van der Waals surface area contributed by atoms with Crippen LogP contribution in [-0.4, -0.2) is 56.5 Å². The average molecular weight is 441 g/mol. The van der Waals surface area contributed by atoms with Gasteiger partial charge in [0.05, 0.1) is 12.1 Å². The molecule has 2 fully saturated rings. The van der Waals surface area contributed by atoms with Gasteiger partial charge < -0.3 is 26.4 Å². The monoisotopic (exact) mass is 440 g/mol. The molecule has 5 N–H and O–H groups in total. The number of nitrogens with zero attached hydrogens (tertiary/aromatic N) is 1. The van der Waals surface area contributed by atoms with Gasteiger partial charge in [-0.15, -0.1) is 6.54 Å². The minimum atomic E-state index is -3.70. The van der Waals surface area contributed by atoms with Crippen molar-refractivity contribution in [3.05, 3.63) is 29.0 Å². The zero-order valence-corrected chi connectivity index (χ0v) is 17.6. The number of fused-ring (bicyclic) bond motifs is 1. The zero-order chi connectivity index (χ0) is 20.9. The summed E-state index contributed by atoms with van der Waals surface area (Å²) >= 11 is 1.86. The van der Waals surface area contributed by atoms with Crippen LogP contribution in [0.25, 0.3) is 4.72 Å². The van der Waals surface area contributed by atoms with E-state index in [2.05, 4.69) is 20.7 Å². The third-order valence-corrected chi connectivity index (χ3v) is 7.81. The lowest BCUT2D eigenvalue weighted by Crippen LogP contribution is -2.36. The molecule has 0 aromatic heterocycles. The van der Waals surface area contributed by atoms with Crippen LogP contribution in [0.4, 0.5) is 10.5 Å². The van der Waals surface area contributed by atoms with Crippen LogP contribution in [0, 0.1) is 0 Å². The summed E-state index contributed by atoms with van der Waals surface area (Å²) in [7, 11) is -3.70. The number of hydrogen-bond acceptors (Lipinski definition) is 6. The van der Waals surface area contributed by atoms with Crippen molar-refractivity contribution in [3.63, 3.8) is 0 Å². The Kier molecular flexibility index (Phi) is 7.38. The summed E-state index contributed by atoms with van der Waals surface area (Å²) in [5, 5.41) is 9.06. The first-order chi connectivity index (χ1) is 13.9. The summed E-state index contributed by atoms with van der Waals surface area (Å²) in [6.07, 6.45) is 3.01. The number of benzene rings is 1. The lowest BCUT2D eigenvalue weighted by molar-refractivity contribution is -0.116. The topological polar surface area (TPSA) is 144 Å². The molecule has 2 aliphatic rings. The largest absolute Gasteiger partial charge is 0.544 e. The Bertz CT molecular complexity index is 831. The third kappa shape index (κ3) is 5.84. The van der Waals surface area contributed by atoms with Gasteiger partial charge in [-0.3, -0.25) is 4.79 Å². The van der Waals surface area contributed by atoms with Crippen LogP contribution in [0.15, 0.2) is 29.2 Å². The van der Waals surface area contributed by atoms with Gasteiger partial charge in [0.1, 0.15) is 10.0 Å². The molecule has 1 aromatic carbocycles. The molecule has 0 aliphatic carbocycles. The molecule has 3 amide bonds. The van der Waals surface area contributed by atoms with Crippen LogP contribution in [0.2, 0.25) is 0 Å². The lowest BCUT2D eigenvalue weighted by atomic mass is 10.0. The number of unbranched alkanes of at least 4 members (excludes halogenated alkanes) is 1. The highest BCUT2D eigenvalue weighted by atomic mass is 32.2. The van der Waals surface area contributed by atoms with Crippen molar-refractivity contribution < 1.29 is 18.0 Å². The number of amides is 3. The Hall–Kier alpha value is -1.82. The molecule has 3 rings (SSSR count). The van der Waals surface area contributed by atoms with Gasteiger partial charge in [-0.2, -0.15) is 11.8 Å². The van der Waals surface area contributed by atoms with E-state index in [9.17, 15) is 18.0 Å². The summed E-state index contributed by atoms with van der Waals surface area (Å²) in [4.78, 5) is 23.6. The van der Waals surface area contributed by atoms with Crippen molar-refractivity contribution in [1.82, 2.24) is 10.6 Å². The molecule has 11 heteroatoms. The highest BCUT2D eigenvalue weighted by Crippen LogP contribution is 2.33. The first kappa shape index (κ1) is 21.9. The summed E-state index contributed by atoms with van der Waals surface area (Å²) in [6.45, 7) is 0.212. The fourth-order valence-corrected chi connectivity index (χ4v) is 5.97. The van der Waals surface area contributed by atoms with Crippen LogP contribution >= 0.6 is 11.8 Å². The van der Waals surface area contributed by atoms with E-state index in [0.717, 1.165) is 25.0 Å². The van der Waals surface area contributed by atoms with E-state index in [1.165, 1.54) is 12.1 Å². The molecule has 160 valence electrons. The molecular weight excluding hydrogens is 414 g/mol. The number of rotatable bonds is 10. The number of thioether (sulfide) groups is 1. The molecule has 0 spiro atoms. The second-order valence-corrected chi connectivity index (χ2v) is 10.0. The summed E-state index contributed by atoms with van der Waals surface area (Å²) in [5.41, 5.74) is 5.82. The maximum absolute atomic E-state index is 12.1. The molecule has 0 bridgehead atoms. The molecule has 2 saturated heterocycles. The van der Waals surface area contributed by atoms with Crippen molar-refractivity contribution in [2.75, 3.05) is 24.2 Å². The molecule has 29 heavy (non-hydrogen) atoms. The first-order valence-electron chi connectivity index (χ1n) is 9.61. The van der Waals surface area contributed by atoms with E-state index in [0.29, 0.717) is 17.4 Å². The van der Waals surface area contributed by atoms with Gasteiger partial charge in [0, 0.05) is 28.0 Å². The molecule has 0 unspecified atom stereocenters. The maximum Gasteiger partial charge on any atom is 0.315 e. The maximum atomic E-state index is 12.1. The second-order valence-electron chi connectivity index (χ2n) is 7.06. The molecule has 3 atom stereocenters. The first-order valence-corrected chi connectivity index (χ1v) is 12.1. The van der Waals surface area contributed by atoms with Gasteiger partial charge in [-0.1, -0.05) is 6.42 Å². The zero-order valence-electron chi connectivity index (χ0n) is 16.0. The average Bonchev–Trinajstić information content (AvgIpc) is 3.23. The minimum absolute atomic E-state index is 0.0461. The number of hydrogen-bond donors (Lipinski definition) is 4. The van der Waals surface area contributed by atoms with Crippen LogP contribution in [0.1, 0.15) is 25.7 Å². The smallest absolute Gasteiger partial charge is 0.315 e. The van der Waals surface area contributed by atoms with Crippen molar-refractivity contribution in [1.29, 1.82) is 0 Å². The SMILES string of the molecule is NCC[N-]S(=O)(=O)c1ccc(NC(=O)CCCC[C@@H]2SC[C@@H]3NC(=O)N[C@@H]32)cc1. The van der Waals surface area contributed by atoms with Crippen LogP contribution in [0.3, 0.4) is 0 Å². The van der Waals surface area contributed by atoms with Gasteiger partial charge in [0.25, 0.3) is 0 Å². The third-order valence-electron chi connectivity index (χ3n) is 4.91. The molecule has 0 saturated carbocycles. The number of nitrogens with one attached hydrogen (secondary N) is 3. The molecular formula is C18H26N5O4S2-. The van der Waals surface area contributed by atoms with Crippen molar-refractivity contribution >= 4 is 39.4 Å². The Morgan fingerprint density at radius 2 is 2.00 bits per heavy atom. The minimum Gasteiger partial charge on any atom is -0.544 e. The Morgan fingerprint density at radius 1 is 1.24 bits per heavy atom. The lowest BCUT2D eigenvalue weighted by Gasteiger charge is -2.19. The molecule has 2 aliphatic heterocycles. The summed E-state index contributed by atoms with van der Waals surface area (Å²) in [5.74, 6) is 0.820. The Labute approximate surface area is 175 Å². The van der Waals surface area contributed by atoms with E-state index in [1.807, 2.05) is 11.8 Å². The highest BCUT2D eigenvalue weighted by Gasteiger charge is 2.42. The second kappa shape index (κ2) is 9.79. The van der Waals surface area contributed by atoms with E-state index < -0.39 is 10.0 Å². The van der Waals surface area contributed by atoms with Crippen molar-refractivity contribution in [2.45, 2.75) is 47.9 Å². The van der Waals surface area contributed by atoms with E-state index in [-0.39, 0.29) is 42.0 Å². The van der Waals surface area contributed by atoms with E-state index in [1.54, 1.807) is 12.1 Å². The molecule has 1 aromatic rings. The highest BCUT2D eigenvalue weighted by molar-refractivity contribution is 8.00. The fourth-order valence-electron chi connectivity index (χ4n) is 3.46. The van der Waals surface area contributed by atoms with E-state index >= 15 is 0 Å². The summed E-state index contributed by atoms with van der Waals surface area (Å²) in [6, 6.07) is 6.26. The quantitative estimate of drug-likeness (QED) is 0.319. The number of nitrogens with two attached hydrogens (primary N) is 1. The van der Waals surface area contributed by atoms with Crippen LogP contribution in [-0.2, 0) is 14.8 Å². The van der Waals surface area contributed by atoms with Crippen molar-refractivity contribution in [2.24, 2.45) is 5.73 Å². The Morgan fingerprint density at radius 3 is 2.72 bits per heavy atom.